The molecule has 3 aromatic heterocycles. The Hall–Kier alpha value is -1.72. The number of rotatable bonds is 5. The first kappa shape index (κ1) is 13.9. The molecule has 4 nitrogen and oxygen atoms in total. The molecule has 4 rings (SSSR count). The van der Waals surface area contributed by atoms with E-state index in [1.165, 1.54) is 23.4 Å². The van der Waals surface area contributed by atoms with Crippen LogP contribution in [0.4, 0.5) is 0 Å². The largest absolute Gasteiger partial charge is 0.289 e. The molecule has 0 radical (unpaired) electrons. The third-order valence-corrected chi connectivity index (χ3v) is 5.04. The fourth-order valence-corrected chi connectivity index (χ4v) is 3.69. The van der Waals surface area contributed by atoms with Crippen molar-refractivity contribution in [1.82, 2.24) is 19.3 Å². The topological polar surface area (TPSA) is 33.4 Å². The molecule has 0 saturated heterocycles. The summed E-state index contributed by atoms with van der Waals surface area (Å²) >= 11 is 1.84. The third-order valence-electron chi connectivity index (χ3n) is 4.18. The molecule has 0 amide bonds. The molecule has 0 spiro atoms. The van der Waals surface area contributed by atoms with Crippen molar-refractivity contribution in [1.29, 1.82) is 0 Å². The highest BCUT2D eigenvalue weighted by Crippen LogP contribution is 2.30. The van der Waals surface area contributed by atoms with E-state index >= 15 is 0 Å². The van der Waals surface area contributed by atoms with Crippen molar-refractivity contribution in [3.05, 3.63) is 51.7 Å². The second-order valence-corrected chi connectivity index (χ2v) is 7.19. The predicted octanol–water partition coefficient (Wildman–Crippen LogP) is 3.57. The van der Waals surface area contributed by atoms with Crippen molar-refractivity contribution in [2.45, 2.75) is 45.8 Å². The normalized spacial score (nSPS) is 15.0. The Bertz CT molecular complexity index is 786. The minimum atomic E-state index is 0.725. The van der Waals surface area contributed by atoms with Crippen LogP contribution >= 0.6 is 11.3 Å². The molecule has 1 saturated carbocycles. The summed E-state index contributed by atoms with van der Waals surface area (Å²) in [5, 5.41) is 2.15. The fraction of sp³-hybridized carbons (Fsp3) is 0.412. The van der Waals surface area contributed by atoms with E-state index < -0.39 is 0 Å². The first-order valence-electron chi connectivity index (χ1n) is 7.78. The second-order valence-electron chi connectivity index (χ2n) is 6.16. The highest BCUT2D eigenvalue weighted by atomic mass is 32.1. The summed E-state index contributed by atoms with van der Waals surface area (Å²) in [6, 6.07) is 7.18. The fourth-order valence-electron chi connectivity index (χ4n) is 2.96. The third kappa shape index (κ3) is 2.78. The maximum atomic E-state index is 4.73. The zero-order valence-corrected chi connectivity index (χ0v) is 13.8. The summed E-state index contributed by atoms with van der Waals surface area (Å²) in [5.74, 6) is 0.819. The van der Waals surface area contributed by atoms with Crippen LogP contribution in [0.15, 0.2) is 29.8 Å². The van der Waals surface area contributed by atoms with Crippen molar-refractivity contribution < 1.29 is 0 Å². The van der Waals surface area contributed by atoms with Crippen molar-refractivity contribution in [2.75, 3.05) is 0 Å². The van der Waals surface area contributed by atoms with Crippen LogP contribution in [0.3, 0.4) is 0 Å². The summed E-state index contributed by atoms with van der Waals surface area (Å²) in [6.07, 6.45) is 4.77. The zero-order chi connectivity index (χ0) is 15.1. The van der Waals surface area contributed by atoms with Gasteiger partial charge in [-0.2, -0.15) is 0 Å². The van der Waals surface area contributed by atoms with Crippen LogP contribution in [0.5, 0.6) is 0 Å². The van der Waals surface area contributed by atoms with Crippen LogP contribution in [-0.4, -0.2) is 25.3 Å². The highest BCUT2D eigenvalue weighted by Gasteiger charge is 2.29. The minimum absolute atomic E-state index is 0.725. The van der Waals surface area contributed by atoms with Crippen molar-refractivity contribution in [3.63, 3.8) is 0 Å². The van der Waals surface area contributed by atoms with E-state index in [2.05, 4.69) is 51.0 Å². The molecule has 0 atom stereocenters. The lowest BCUT2D eigenvalue weighted by Gasteiger charge is -2.19. The molecule has 3 heterocycles. The Morgan fingerprint density at radius 1 is 1.27 bits per heavy atom. The van der Waals surface area contributed by atoms with Gasteiger partial charge < -0.3 is 0 Å². The Balaban J connectivity index is 1.59. The summed E-state index contributed by atoms with van der Waals surface area (Å²) in [7, 11) is 0. The van der Waals surface area contributed by atoms with Gasteiger partial charge in [0.1, 0.15) is 0 Å². The van der Waals surface area contributed by atoms with Crippen LogP contribution in [0.2, 0.25) is 0 Å². The monoisotopic (exact) mass is 312 g/mol. The van der Waals surface area contributed by atoms with E-state index in [0.717, 1.165) is 36.3 Å². The number of aryl methyl sites for hydroxylation is 2. The lowest BCUT2D eigenvalue weighted by molar-refractivity contribution is 0.245. The van der Waals surface area contributed by atoms with Crippen LogP contribution in [0.1, 0.15) is 34.8 Å². The van der Waals surface area contributed by atoms with Gasteiger partial charge in [0.05, 0.1) is 5.69 Å². The molecule has 1 aliphatic carbocycles. The van der Waals surface area contributed by atoms with Gasteiger partial charge in [0.2, 0.25) is 5.78 Å². The number of imidazole rings is 1. The Kier molecular flexibility index (Phi) is 3.47. The first-order valence-corrected chi connectivity index (χ1v) is 8.65. The molecule has 1 fully saturated rings. The van der Waals surface area contributed by atoms with Crippen molar-refractivity contribution in [2.24, 2.45) is 0 Å². The van der Waals surface area contributed by atoms with Crippen molar-refractivity contribution >= 4 is 17.1 Å². The predicted molar refractivity (Wildman–Crippen MR) is 89.0 cm³/mol. The van der Waals surface area contributed by atoms with E-state index in [1.54, 1.807) is 0 Å². The molecule has 22 heavy (non-hydrogen) atoms. The van der Waals surface area contributed by atoms with Gasteiger partial charge in [-0.05, 0) is 44.2 Å². The van der Waals surface area contributed by atoms with Gasteiger partial charge >= 0.3 is 0 Å². The molecule has 0 aromatic carbocycles. The number of nitrogens with zero attached hydrogens (tertiary/aromatic N) is 4. The van der Waals surface area contributed by atoms with Gasteiger partial charge in [0.15, 0.2) is 0 Å². The van der Waals surface area contributed by atoms with E-state index in [4.69, 9.17) is 4.98 Å². The Morgan fingerprint density at radius 3 is 2.86 bits per heavy atom. The molecule has 0 aliphatic heterocycles. The average molecular weight is 312 g/mol. The standard InChI is InChI=1S/C17H20N4S/c1-12-8-13(2)21-10-14(19-17(21)18-12)9-20(15-5-6-15)11-16-4-3-7-22-16/h3-4,7-8,10,15H,5-6,9,11H2,1-2H3. The van der Waals surface area contributed by atoms with Gasteiger partial charge in [-0.25, -0.2) is 9.97 Å². The number of hydrogen-bond donors (Lipinski definition) is 0. The molecule has 0 N–H and O–H groups in total. The van der Waals surface area contributed by atoms with E-state index in [-0.39, 0.29) is 0 Å². The number of fused-ring (bicyclic) bond motifs is 1. The number of thiophene rings is 1. The van der Waals surface area contributed by atoms with Crippen LogP contribution < -0.4 is 0 Å². The van der Waals surface area contributed by atoms with Crippen LogP contribution in [0.25, 0.3) is 5.78 Å². The molecule has 0 bridgehead atoms. The van der Waals surface area contributed by atoms with Gasteiger partial charge in [-0.15, -0.1) is 11.3 Å². The first-order chi connectivity index (χ1) is 10.7. The molecular weight excluding hydrogens is 292 g/mol. The summed E-state index contributed by atoms with van der Waals surface area (Å²) in [5.41, 5.74) is 3.34. The maximum Gasteiger partial charge on any atom is 0.234 e. The molecule has 1 aliphatic rings. The SMILES string of the molecule is Cc1cc(C)n2cc(CN(Cc3cccs3)C3CC3)nc2n1. The van der Waals surface area contributed by atoms with Gasteiger partial charge in [0.25, 0.3) is 0 Å². The number of hydrogen-bond acceptors (Lipinski definition) is 4. The summed E-state index contributed by atoms with van der Waals surface area (Å²) in [6.45, 7) is 6.07. The Morgan fingerprint density at radius 2 is 2.14 bits per heavy atom. The van der Waals surface area contributed by atoms with E-state index in [9.17, 15) is 0 Å². The lowest BCUT2D eigenvalue weighted by Crippen LogP contribution is -2.24. The number of aromatic nitrogens is 3. The second kappa shape index (κ2) is 5.48. The molecular formula is C17H20N4S. The molecule has 114 valence electrons. The smallest absolute Gasteiger partial charge is 0.234 e. The molecule has 0 unspecified atom stereocenters. The van der Waals surface area contributed by atoms with Gasteiger partial charge in [0, 0.05) is 41.6 Å². The van der Waals surface area contributed by atoms with Crippen molar-refractivity contribution in [3.8, 4) is 0 Å². The Labute approximate surface area is 134 Å². The highest BCUT2D eigenvalue weighted by molar-refractivity contribution is 7.09. The van der Waals surface area contributed by atoms with E-state index in [0.29, 0.717) is 0 Å². The van der Waals surface area contributed by atoms with E-state index in [1.807, 2.05) is 18.3 Å². The summed E-state index contributed by atoms with van der Waals surface area (Å²) < 4.78 is 2.10. The quantitative estimate of drug-likeness (QED) is 0.722. The molecule has 3 aromatic rings. The van der Waals surface area contributed by atoms with Gasteiger partial charge in [-0.3, -0.25) is 9.30 Å². The summed E-state index contributed by atoms with van der Waals surface area (Å²) in [4.78, 5) is 13.2. The average Bonchev–Trinajstić information content (AvgIpc) is 3.04. The zero-order valence-electron chi connectivity index (χ0n) is 13.0. The van der Waals surface area contributed by atoms with Gasteiger partial charge in [-0.1, -0.05) is 6.07 Å². The lowest BCUT2D eigenvalue weighted by atomic mass is 10.3. The van der Waals surface area contributed by atoms with Crippen LogP contribution in [0, 0.1) is 13.8 Å². The molecule has 5 heteroatoms. The minimum Gasteiger partial charge on any atom is -0.289 e. The maximum absolute atomic E-state index is 4.73. The van der Waals surface area contributed by atoms with Crippen LogP contribution in [-0.2, 0) is 13.1 Å².